The van der Waals surface area contributed by atoms with Crippen molar-refractivity contribution in [1.82, 2.24) is 9.62 Å². The van der Waals surface area contributed by atoms with Gasteiger partial charge in [-0.2, -0.15) is 0 Å². The van der Waals surface area contributed by atoms with Crippen molar-refractivity contribution in [1.29, 1.82) is 0 Å². The van der Waals surface area contributed by atoms with Gasteiger partial charge in [0.25, 0.3) is 11.6 Å². The Labute approximate surface area is 151 Å². The molecule has 2 rings (SSSR count). The largest absolute Gasteiger partial charge is 0.379 e. The zero-order chi connectivity index (χ0) is 19.2. The molecule has 26 heavy (non-hydrogen) atoms. The van der Waals surface area contributed by atoms with Crippen molar-refractivity contribution in [2.45, 2.75) is 6.42 Å². The van der Waals surface area contributed by atoms with Crippen molar-refractivity contribution in [2.24, 2.45) is 0 Å². The summed E-state index contributed by atoms with van der Waals surface area (Å²) in [6.45, 7) is 2.40. The number of carbonyl (C=O) groups excluding carboxylic acids is 1. The predicted molar refractivity (Wildman–Crippen MR) is 95.8 cm³/mol. The van der Waals surface area contributed by atoms with E-state index in [-0.39, 0.29) is 29.4 Å². The lowest BCUT2D eigenvalue weighted by Crippen LogP contribution is -2.40. The molecule has 1 amide bonds. The second-order valence-corrected chi connectivity index (χ2v) is 7.67. The number of morpholine rings is 1. The SMILES string of the molecule is CS(=O)(=O)NCCCNc1ccc(C(=O)N2CCOCC2)cc1[N+](=O)[O-]. The van der Waals surface area contributed by atoms with Gasteiger partial charge >= 0.3 is 0 Å². The second-order valence-electron chi connectivity index (χ2n) is 5.84. The number of sulfonamides is 1. The molecule has 2 N–H and O–H groups in total. The van der Waals surface area contributed by atoms with Crippen LogP contribution in [-0.4, -0.2) is 69.8 Å². The molecule has 0 spiro atoms. The molecule has 1 saturated heterocycles. The number of benzene rings is 1. The Balaban J connectivity index is 2.01. The molecule has 0 radical (unpaired) electrons. The summed E-state index contributed by atoms with van der Waals surface area (Å²) in [5, 5.41) is 14.2. The maximum atomic E-state index is 12.4. The summed E-state index contributed by atoms with van der Waals surface area (Å²) in [4.78, 5) is 24.8. The lowest BCUT2D eigenvalue weighted by atomic mass is 10.1. The van der Waals surface area contributed by atoms with Gasteiger partial charge in [0.1, 0.15) is 5.69 Å². The standard InChI is InChI=1S/C15H22N4O6S/c1-26(23,24)17-6-2-5-16-13-4-3-12(11-14(13)19(21)22)15(20)18-7-9-25-10-8-18/h3-4,11,16-17H,2,5-10H2,1H3. The van der Waals surface area contributed by atoms with E-state index in [0.29, 0.717) is 39.3 Å². The van der Waals surface area contributed by atoms with E-state index in [0.717, 1.165) is 6.26 Å². The van der Waals surface area contributed by atoms with E-state index in [1.54, 1.807) is 11.0 Å². The number of hydrogen-bond donors (Lipinski definition) is 2. The number of ether oxygens (including phenoxy) is 1. The van der Waals surface area contributed by atoms with E-state index < -0.39 is 14.9 Å². The van der Waals surface area contributed by atoms with Gasteiger partial charge in [-0.25, -0.2) is 13.1 Å². The van der Waals surface area contributed by atoms with Gasteiger partial charge in [0.05, 0.1) is 24.4 Å². The lowest BCUT2D eigenvalue weighted by molar-refractivity contribution is -0.384. The number of nitro groups is 1. The molecule has 0 aliphatic carbocycles. The average molecular weight is 386 g/mol. The first-order valence-electron chi connectivity index (χ1n) is 8.12. The summed E-state index contributed by atoms with van der Waals surface area (Å²) in [6, 6.07) is 4.30. The quantitative estimate of drug-likeness (QED) is 0.376. The van der Waals surface area contributed by atoms with E-state index >= 15 is 0 Å². The molecule has 0 saturated carbocycles. The maximum Gasteiger partial charge on any atom is 0.293 e. The highest BCUT2D eigenvalue weighted by Crippen LogP contribution is 2.26. The van der Waals surface area contributed by atoms with E-state index in [9.17, 15) is 23.3 Å². The molecule has 1 heterocycles. The first-order valence-corrected chi connectivity index (χ1v) is 10.0. The van der Waals surface area contributed by atoms with Crippen LogP contribution in [0.25, 0.3) is 0 Å². The normalized spacial score (nSPS) is 14.9. The molecular weight excluding hydrogens is 364 g/mol. The zero-order valence-electron chi connectivity index (χ0n) is 14.4. The Kier molecular flexibility index (Phi) is 6.89. The number of nitro benzene ring substituents is 1. The Hall–Kier alpha value is -2.24. The number of amides is 1. The van der Waals surface area contributed by atoms with Crippen molar-refractivity contribution >= 4 is 27.3 Å². The van der Waals surface area contributed by atoms with Crippen LogP contribution >= 0.6 is 0 Å². The maximum absolute atomic E-state index is 12.4. The highest BCUT2D eigenvalue weighted by molar-refractivity contribution is 7.88. The van der Waals surface area contributed by atoms with Crippen LogP contribution in [0.5, 0.6) is 0 Å². The van der Waals surface area contributed by atoms with Crippen LogP contribution in [0.15, 0.2) is 18.2 Å². The molecule has 0 aromatic heterocycles. The molecular formula is C15H22N4O6S. The van der Waals surface area contributed by atoms with Gasteiger partial charge in [-0.3, -0.25) is 14.9 Å². The molecule has 0 atom stereocenters. The molecule has 10 nitrogen and oxygen atoms in total. The Morgan fingerprint density at radius 2 is 2.00 bits per heavy atom. The van der Waals surface area contributed by atoms with Crippen molar-refractivity contribution in [2.75, 3.05) is 51.0 Å². The number of nitrogens with one attached hydrogen (secondary N) is 2. The third-order valence-corrected chi connectivity index (χ3v) is 4.50. The monoisotopic (exact) mass is 386 g/mol. The van der Waals surface area contributed by atoms with E-state index in [1.807, 2.05) is 0 Å². The van der Waals surface area contributed by atoms with Crippen molar-refractivity contribution in [3.05, 3.63) is 33.9 Å². The summed E-state index contributed by atoms with van der Waals surface area (Å²) >= 11 is 0. The molecule has 1 aliphatic rings. The summed E-state index contributed by atoms with van der Waals surface area (Å²) in [5.74, 6) is -0.264. The van der Waals surface area contributed by atoms with Crippen LogP contribution in [0.4, 0.5) is 11.4 Å². The molecule has 1 aromatic rings. The molecule has 0 unspecified atom stereocenters. The smallest absolute Gasteiger partial charge is 0.293 e. The summed E-state index contributed by atoms with van der Waals surface area (Å²) in [5.41, 5.74) is 0.343. The first-order chi connectivity index (χ1) is 12.3. The fourth-order valence-electron chi connectivity index (χ4n) is 2.48. The fourth-order valence-corrected chi connectivity index (χ4v) is 3.00. The van der Waals surface area contributed by atoms with E-state index in [1.165, 1.54) is 12.1 Å². The number of nitrogens with zero attached hydrogens (tertiary/aromatic N) is 2. The van der Waals surface area contributed by atoms with Crippen LogP contribution in [0, 0.1) is 10.1 Å². The third-order valence-electron chi connectivity index (χ3n) is 3.77. The fraction of sp³-hybridized carbons (Fsp3) is 0.533. The highest BCUT2D eigenvalue weighted by atomic mass is 32.2. The van der Waals surface area contributed by atoms with Gasteiger partial charge < -0.3 is 15.0 Å². The Morgan fingerprint density at radius 3 is 2.62 bits per heavy atom. The van der Waals surface area contributed by atoms with Crippen LogP contribution < -0.4 is 10.0 Å². The lowest BCUT2D eigenvalue weighted by Gasteiger charge is -2.26. The van der Waals surface area contributed by atoms with Gasteiger partial charge in [0.15, 0.2) is 0 Å². The molecule has 1 aromatic carbocycles. The summed E-state index contributed by atoms with van der Waals surface area (Å²) < 4.78 is 29.5. The van der Waals surface area contributed by atoms with Crippen molar-refractivity contribution < 1.29 is 22.9 Å². The Morgan fingerprint density at radius 1 is 1.31 bits per heavy atom. The first kappa shape index (κ1) is 20.1. The number of rotatable bonds is 8. The zero-order valence-corrected chi connectivity index (χ0v) is 15.3. The molecule has 1 fully saturated rings. The molecule has 0 bridgehead atoms. The molecule has 1 aliphatic heterocycles. The minimum absolute atomic E-state index is 0.194. The predicted octanol–water partition coefficient (Wildman–Crippen LogP) is 0.418. The van der Waals surface area contributed by atoms with Crippen molar-refractivity contribution in [3.8, 4) is 0 Å². The van der Waals surface area contributed by atoms with Gasteiger partial charge in [-0.05, 0) is 18.6 Å². The minimum Gasteiger partial charge on any atom is -0.379 e. The Bertz CT molecular complexity index is 761. The van der Waals surface area contributed by atoms with Gasteiger partial charge in [-0.1, -0.05) is 0 Å². The van der Waals surface area contributed by atoms with Crippen LogP contribution in [0.1, 0.15) is 16.8 Å². The summed E-state index contributed by atoms with van der Waals surface area (Å²) in [7, 11) is -3.25. The number of hydrogen-bond acceptors (Lipinski definition) is 7. The van der Waals surface area contributed by atoms with E-state index in [4.69, 9.17) is 4.74 Å². The highest BCUT2D eigenvalue weighted by Gasteiger charge is 2.22. The number of carbonyl (C=O) groups is 1. The number of anilines is 1. The van der Waals surface area contributed by atoms with Crippen LogP contribution in [0.3, 0.4) is 0 Å². The topological polar surface area (TPSA) is 131 Å². The van der Waals surface area contributed by atoms with Gasteiger partial charge in [-0.15, -0.1) is 0 Å². The van der Waals surface area contributed by atoms with E-state index in [2.05, 4.69) is 10.0 Å². The summed E-state index contributed by atoms with van der Waals surface area (Å²) in [6.07, 6.45) is 1.52. The third kappa shape index (κ3) is 5.93. The second kappa shape index (κ2) is 8.92. The van der Waals surface area contributed by atoms with Crippen LogP contribution in [-0.2, 0) is 14.8 Å². The van der Waals surface area contributed by atoms with Gasteiger partial charge in [0.2, 0.25) is 10.0 Å². The van der Waals surface area contributed by atoms with Crippen molar-refractivity contribution in [3.63, 3.8) is 0 Å². The molecule has 11 heteroatoms. The minimum atomic E-state index is -3.25. The average Bonchev–Trinajstić information content (AvgIpc) is 2.60. The molecule has 144 valence electrons. The van der Waals surface area contributed by atoms with Gasteiger partial charge in [0, 0.05) is 37.8 Å². The van der Waals surface area contributed by atoms with Crippen LogP contribution in [0.2, 0.25) is 0 Å².